The second kappa shape index (κ2) is 5.25. The monoisotopic (exact) mass is 367 g/mol. The minimum atomic E-state index is -3.79. The van der Waals surface area contributed by atoms with Crippen LogP contribution in [-0.4, -0.2) is 36.4 Å². The van der Waals surface area contributed by atoms with Crippen LogP contribution >= 0.6 is 11.3 Å². The summed E-state index contributed by atoms with van der Waals surface area (Å²) in [5.41, 5.74) is 0.116. The lowest BCUT2D eigenvalue weighted by Crippen LogP contribution is -2.56. The van der Waals surface area contributed by atoms with Crippen LogP contribution < -0.4 is 4.72 Å². The first-order valence-electron chi connectivity index (χ1n) is 8.14. The van der Waals surface area contributed by atoms with Gasteiger partial charge in [-0.3, -0.25) is 0 Å². The number of aliphatic hydroxyl groups is 2. The summed E-state index contributed by atoms with van der Waals surface area (Å²) in [6.07, 6.45) is -0.0883. The number of thiophene rings is 1. The molecule has 2 saturated carbocycles. The van der Waals surface area contributed by atoms with Gasteiger partial charge >= 0.3 is 0 Å². The molecule has 5 nitrogen and oxygen atoms in total. The number of rotatable bonds is 3. The smallest absolute Gasteiger partial charge is 0.242 e. The van der Waals surface area contributed by atoms with E-state index in [0.717, 1.165) is 26.9 Å². The molecule has 0 amide bonds. The quantitative estimate of drug-likeness (QED) is 0.775. The highest BCUT2D eigenvalue weighted by Gasteiger charge is 2.58. The number of fused-ring (bicyclic) bond motifs is 3. The van der Waals surface area contributed by atoms with Gasteiger partial charge in [-0.1, -0.05) is 18.2 Å². The van der Waals surface area contributed by atoms with Crippen molar-refractivity contribution >= 4 is 31.4 Å². The first-order valence-corrected chi connectivity index (χ1v) is 10.4. The molecule has 0 radical (unpaired) electrons. The Balaban J connectivity index is 1.80. The molecule has 7 heteroatoms. The van der Waals surface area contributed by atoms with Gasteiger partial charge in [0.2, 0.25) is 10.0 Å². The number of hydrogen-bond acceptors (Lipinski definition) is 5. The third kappa shape index (κ3) is 2.19. The Labute approximate surface area is 145 Å². The predicted octanol–water partition coefficient (Wildman–Crippen LogP) is 2.07. The molecule has 1 aromatic carbocycles. The van der Waals surface area contributed by atoms with Crippen molar-refractivity contribution in [3.63, 3.8) is 0 Å². The molecule has 2 aliphatic rings. The average molecular weight is 367 g/mol. The lowest BCUT2D eigenvalue weighted by atomic mass is 9.90. The van der Waals surface area contributed by atoms with E-state index in [-0.39, 0.29) is 5.92 Å². The maximum absolute atomic E-state index is 13.1. The van der Waals surface area contributed by atoms with Crippen molar-refractivity contribution < 1.29 is 18.6 Å². The largest absolute Gasteiger partial charge is 0.390 e. The third-order valence-electron chi connectivity index (χ3n) is 5.60. The zero-order chi connectivity index (χ0) is 17.3. The van der Waals surface area contributed by atoms with Crippen LogP contribution in [0.1, 0.15) is 29.7 Å². The molecule has 2 aliphatic carbocycles. The molecule has 3 N–H and O–H groups in total. The van der Waals surface area contributed by atoms with Crippen LogP contribution in [0.3, 0.4) is 0 Å². The molecular weight excluding hydrogens is 346 g/mol. The normalized spacial score (nSPS) is 32.8. The topological polar surface area (TPSA) is 86.6 Å². The first-order chi connectivity index (χ1) is 11.3. The van der Waals surface area contributed by atoms with E-state index in [0.29, 0.717) is 17.7 Å². The molecule has 0 aliphatic heterocycles. The summed E-state index contributed by atoms with van der Waals surface area (Å²) in [7, 11) is -3.79. The Morgan fingerprint density at radius 1 is 1.29 bits per heavy atom. The third-order valence-corrected chi connectivity index (χ3v) is 8.72. The zero-order valence-electron chi connectivity index (χ0n) is 13.6. The van der Waals surface area contributed by atoms with E-state index >= 15 is 0 Å². The highest BCUT2D eigenvalue weighted by molar-refractivity contribution is 7.90. The van der Waals surface area contributed by atoms with E-state index in [2.05, 4.69) is 4.72 Å². The Kier molecular flexibility index (Phi) is 3.61. The summed E-state index contributed by atoms with van der Waals surface area (Å²) in [4.78, 5) is 1.04. The molecule has 1 heterocycles. The molecule has 1 aromatic heterocycles. The van der Waals surface area contributed by atoms with Gasteiger partial charge in [0.25, 0.3) is 0 Å². The van der Waals surface area contributed by atoms with Crippen LogP contribution in [0.5, 0.6) is 0 Å². The predicted molar refractivity (Wildman–Crippen MR) is 93.7 cm³/mol. The molecule has 2 unspecified atom stereocenters. The molecule has 2 bridgehead atoms. The van der Waals surface area contributed by atoms with Gasteiger partial charge in [-0.25, -0.2) is 13.1 Å². The number of aliphatic hydroxyl groups excluding tert-OH is 2. The van der Waals surface area contributed by atoms with Gasteiger partial charge in [0, 0.05) is 15.0 Å². The zero-order valence-corrected chi connectivity index (χ0v) is 15.2. The summed E-state index contributed by atoms with van der Waals surface area (Å²) < 4.78 is 30.0. The second-order valence-corrected chi connectivity index (χ2v) is 9.98. The fourth-order valence-electron chi connectivity index (χ4n) is 4.42. The van der Waals surface area contributed by atoms with Crippen molar-refractivity contribution in [3.8, 4) is 0 Å². The Morgan fingerprint density at radius 2 is 2.04 bits per heavy atom. The maximum atomic E-state index is 13.1. The Hall–Kier alpha value is -0.990. The van der Waals surface area contributed by atoms with Crippen LogP contribution in [0.25, 0.3) is 10.1 Å². The van der Waals surface area contributed by atoms with E-state index in [9.17, 15) is 18.6 Å². The van der Waals surface area contributed by atoms with Crippen molar-refractivity contribution in [2.24, 2.45) is 5.92 Å². The number of sulfonamides is 1. The van der Waals surface area contributed by atoms with Gasteiger partial charge in [-0.15, -0.1) is 11.3 Å². The van der Waals surface area contributed by atoms with E-state index in [1.165, 1.54) is 11.3 Å². The van der Waals surface area contributed by atoms with Crippen LogP contribution in [-0.2, 0) is 10.0 Å². The summed E-state index contributed by atoms with van der Waals surface area (Å²) in [6.45, 7) is 3.78. The second-order valence-electron chi connectivity index (χ2n) is 7.14. The van der Waals surface area contributed by atoms with Crippen molar-refractivity contribution in [2.75, 3.05) is 0 Å². The summed E-state index contributed by atoms with van der Waals surface area (Å²) in [5.74, 6) is -0.0229. The Morgan fingerprint density at radius 3 is 2.71 bits per heavy atom. The van der Waals surface area contributed by atoms with Crippen molar-refractivity contribution in [2.45, 2.75) is 55.8 Å². The number of benzene rings is 1. The van der Waals surface area contributed by atoms with Crippen LogP contribution in [0.2, 0.25) is 0 Å². The molecule has 4 atom stereocenters. The molecule has 2 fully saturated rings. The fourth-order valence-corrected chi connectivity index (χ4v) is 7.74. The SMILES string of the molecule is Cc1sc2c(C)cccc2c1S(=O)(=O)NC12CCC(C1)[C@H](O)[C@@H]2O. The fraction of sp³-hybridized carbons (Fsp3) is 0.529. The number of hydrogen-bond donors (Lipinski definition) is 3. The van der Waals surface area contributed by atoms with Crippen molar-refractivity contribution in [1.29, 1.82) is 0 Å². The maximum Gasteiger partial charge on any atom is 0.242 e. The average Bonchev–Trinajstić information content (AvgIpc) is 3.13. The summed E-state index contributed by atoms with van der Waals surface area (Å²) in [6, 6.07) is 5.66. The first kappa shape index (κ1) is 16.5. The van der Waals surface area contributed by atoms with E-state index in [4.69, 9.17) is 0 Å². The van der Waals surface area contributed by atoms with Gasteiger partial charge < -0.3 is 10.2 Å². The highest BCUT2D eigenvalue weighted by Crippen LogP contribution is 2.49. The number of aryl methyl sites for hydroxylation is 2. The lowest BCUT2D eigenvalue weighted by molar-refractivity contribution is -0.0283. The lowest BCUT2D eigenvalue weighted by Gasteiger charge is -2.34. The molecule has 130 valence electrons. The van der Waals surface area contributed by atoms with Crippen LogP contribution in [0.4, 0.5) is 0 Å². The highest BCUT2D eigenvalue weighted by atomic mass is 32.2. The van der Waals surface area contributed by atoms with Gasteiger partial charge in [0.1, 0.15) is 4.90 Å². The van der Waals surface area contributed by atoms with Gasteiger partial charge in [0.05, 0.1) is 17.7 Å². The van der Waals surface area contributed by atoms with Crippen LogP contribution in [0, 0.1) is 19.8 Å². The minimum absolute atomic E-state index is 0.0229. The Bertz CT molecular complexity index is 920. The van der Waals surface area contributed by atoms with Crippen LogP contribution in [0.15, 0.2) is 23.1 Å². The minimum Gasteiger partial charge on any atom is -0.390 e. The van der Waals surface area contributed by atoms with Gasteiger partial charge in [-0.05, 0) is 44.6 Å². The molecule has 0 saturated heterocycles. The molecular formula is C17H21NO4S2. The van der Waals surface area contributed by atoms with Crippen molar-refractivity contribution in [1.82, 2.24) is 4.72 Å². The van der Waals surface area contributed by atoms with Gasteiger partial charge in [0.15, 0.2) is 0 Å². The molecule has 2 aromatic rings. The van der Waals surface area contributed by atoms with Crippen molar-refractivity contribution in [3.05, 3.63) is 28.6 Å². The van der Waals surface area contributed by atoms with E-state index in [1.807, 2.05) is 32.0 Å². The molecule has 4 rings (SSSR count). The van der Waals surface area contributed by atoms with Gasteiger partial charge in [-0.2, -0.15) is 0 Å². The summed E-state index contributed by atoms with van der Waals surface area (Å²) in [5, 5.41) is 21.1. The standard InChI is InChI=1S/C17H21NO4S2/c1-9-4-3-5-12-14(9)23-10(2)15(12)24(21,22)18-17-7-6-11(8-17)13(19)16(17)20/h3-5,11,13,16,18-20H,6-8H2,1-2H3/t11?,13-,16-,17?/m0/s1. The van der Waals surface area contributed by atoms with E-state index < -0.39 is 27.8 Å². The molecule has 24 heavy (non-hydrogen) atoms. The summed E-state index contributed by atoms with van der Waals surface area (Å²) >= 11 is 1.48. The number of nitrogens with one attached hydrogen (secondary N) is 1. The van der Waals surface area contributed by atoms with E-state index in [1.54, 1.807) is 0 Å². The molecule has 0 spiro atoms.